The maximum atomic E-state index is 6.08. The first-order valence-electron chi connectivity index (χ1n) is 7.71. The van der Waals surface area contributed by atoms with Gasteiger partial charge in [-0.25, -0.2) is 0 Å². The Morgan fingerprint density at radius 1 is 1.16 bits per heavy atom. The fraction of sp³-hybridized carbons (Fsp3) is 0.929. The Morgan fingerprint density at radius 2 is 1.95 bits per heavy atom. The third kappa shape index (κ3) is 3.60. The van der Waals surface area contributed by atoms with Crippen molar-refractivity contribution < 1.29 is 9.57 Å². The van der Waals surface area contributed by atoms with Crippen molar-refractivity contribution in [2.75, 3.05) is 39.3 Å². The summed E-state index contributed by atoms with van der Waals surface area (Å²) in [5, 5.41) is 7.52. The van der Waals surface area contributed by atoms with Gasteiger partial charge in [-0.3, -0.25) is 4.90 Å². The summed E-state index contributed by atoms with van der Waals surface area (Å²) in [4.78, 5) is 7.91. The molecule has 0 saturated carbocycles. The van der Waals surface area contributed by atoms with Crippen molar-refractivity contribution in [1.29, 1.82) is 0 Å². The molecule has 0 aromatic heterocycles. The molecule has 0 aliphatic carbocycles. The lowest BCUT2D eigenvalue weighted by Gasteiger charge is -2.33. The topological polar surface area (TPSA) is 46.1 Å². The van der Waals surface area contributed by atoms with E-state index in [1.54, 1.807) is 0 Å². The highest BCUT2D eigenvalue weighted by atomic mass is 16.7. The summed E-state index contributed by atoms with van der Waals surface area (Å²) in [6, 6.07) is 0. The Bertz CT molecular complexity index is 310. The Balaban J connectivity index is 1.50. The molecular formula is C14H25N3O2. The minimum absolute atomic E-state index is 0.167. The lowest BCUT2D eigenvalue weighted by atomic mass is 9.98. The third-order valence-corrected chi connectivity index (χ3v) is 4.30. The molecule has 1 atom stereocenters. The predicted octanol–water partition coefficient (Wildman–Crippen LogP) is 1.20. The van der Waals surface area contributed by atoms with Gasteiger partial charge in [0.1, 0.15) is 6.10 Å². The van der Waals surface area contributed by atoms with E-state index >= 15 is 0 Å². The molecule has 5 heteroatoms. The molecule has 2 fully saturated rings. The minimum atomic E-state index is 0.167. The van der Waals surface area contributed by atoms with Crippen LogP contribution in [-0.4, -0.2) is 56.2 Å². The first-order valence-corrected chi connectivity index (χ1v) is 7.71. The first kappa shape index (κ1) is 13.2. The van der Waals surface area contributed by atoms with Crippen LogP contribution in [0.25, 0.3) is 0 Å². The van der Waals surface area contributed by atoms with E-state index in [0.29, 0.717) is 12.5 Å². The van der Waals surface area contributed by atoms with Crippen molar-refractivity contribution in [3.8, 4) is 0 Å². The fourth-order valence-electron chi connectivity index (χ4n) is 3.17. The number of piperidine rings is 2. The maximum Gasteiger partial charge on any atom is 0.229 e. The lowest BCUT2D eigenvalue weighted by Crippen LogP contribution is -2.44. The Morgan fingerprint density at radius 3 is 2.74 bits per heavy atom. The van der Waals surface area contributed by atoms with Gasteiger partial charge in [0, 0.05) is 12.5 Å². The summed E-state index contributed by atoms with van der Waals surface area (Å²) < 4.78 is 6.08. The standard InChI is InChI=1S/C14H25N3O2/c1-2-8-17(9-3-1)10-13-11-18-16-14(19-13)12-4-6-15-7-5-12/h12-13,15H,1-11H2. The zero-order valence-electron chi connectivity index (χ0n) is 11.6. The summed E-state index contributed by atoms with van der Waals surface area (Å²) in [5.74, 6) is 1.29. The summed E-state index contributed by atoms with van der Waals surface area (Å²) >= 11 is 0. The van der Waals surface area contributed by atoms with Gasteiger partial charge in [0.25, 0.3) is 0 Å². The van der Waals surface area contributed by atoms with Gasteiger partial charge in [0.05, 0.1) is 0 Å². The number of rotatable bonds is 3. The van der Waals surface area contributed by atoms with E-state index in [4.69, 9.17) is 9.57 Å². The van der Waals surface area contributed by atoms with Gasteiger partial charge in [-0.05, 0) is 51.9 Å². The zero-order valence-corrected chi connectivity index (χ0v) is 11.6. The zero-order chi connectivity index (χ0) is 12.9. The van der Waals surface area contributed by atoms with Gasteiger partial charge in [0.2, 0.25) is 5.90 Å². The van der Waals surface area contributed by atoms with E-state index < -0.39 is 0 Å². The molecule has 0 spiro atoms. The largest absolute Gasteiger partial charge is 0.470 e. The fourth-order valence-corrected chi connectivity index (χ4v) is 3.17. The molecule has 0 bridgehead atoms. The quantitative estimate of drug-likeness (QED) is 0.834. The lowest BCUT2D eigenvalue weighted by molar-refractivity contribution is -0.0163. The van der Waals surface area contributed by atoms with Crippen molar-refractivity contribution in [2.45, 2.75) is 38.2 Å². The molecule has 5 nitrogen and oxygen atoms in total. The van der Waals surface area contributed by atoms with Crippen LogP contribution in [0, 0.1) is 5.92 Å². The molecule has 19 heavy (non-hydrogen) atoms. The van der Waals surface area contributed by atoms with Crippen LogP contribution in [0.1, 0.15) is 32.1 Å². The van der Waals surface area contributed by atoms with Crippen LogP contribution in [0.15, 0.2) is 5.16 Å². The van der Waals surface area contributed by atoms with Crippen molar-refractivity contribution >= 4 is 5.90 Å². The predicted molar refractivity (Wildman–Crippen MR) is 74.1 cm³/mol. The SMILES string of the molecule is C1CCN(CC2CON=C(C3CCNCC3)O2)CC1. The van der Waals surface area contributed by atoms with E-state index in [9.17, 15) is 0 Å². The van der Waals surface area contributed by atoms with Crippen LogP contribution in [0.5, 0.6) is 0 Å². The molecule has 108 valence electrons. The normalized spacial score (nSPS) is 30.3. The minimum Gasteiger partial charge on any atom is -0.470 e. The Labute approximate surface area is 115 Å². The van der Waals surface area contributed by atoms with Gasteiger partial charge in [0.15, 0.2) is 6.61 Å². The van der Waals surface area contributed by atoms with Crippen LogP contribution >= 0.6 is 0 Å². The summed E-state index contributed by atoms with van der Waals surface area (Å²) in [6.45, 7) is 6.13. The second kappa shape index (κ2) is 6.57. The molecule has 0 radical (unpaired) electrons. The number of oxime groups is 1. The molecule has 0 aromatic carbocycles. The number of nitrogens with one attached hydrogen (secondary N) is 1. The highest BCUT2D eigenvalue weighted by Crippen LogP contribution is 2.20. The Hall–Kier alpha value is -0.810. The number of ether oxygens (including phenoxy) is 1. The van der Waals surface area contributed by atoms with E-state index in [0.717, 1.165) is 38.4 Å². The van der Waals surface area contributed by atoms with Crippen molar-refractivity contribution in [1.82, 2.24) is 10.2 Å². The molecule has 0 amide bonds. The van der Waals surface area contributed by atoms with E-state index in [2.05, 4.69) is 15.4 Å². The second-order valence-electron chi connectivity index (χ2n) is 5.85. The van der Waals surface area contributed by atoms with Crippen molar-refractivity contribution in [3.05, 3.63) is 0 Å². The molecule has 3 heterocycles. The summed E-state index contributed by atoms with van der Waals surface area (Å²) in [5.41, 5.74) is 0. The van der Waals surface area contributed by atoms with Gasteiger partial charge < -0.3 is 14.9 Å². The monoisotopic (exact) mass is 267 g/mol. The van der Waals surface area contributed by atoms with E-state index in [1.165, 1.54) is 32.4 Å². The maximum absolute atomic E-state index is 6.08. The van der Waals surface area contributed by atoms with Crippen LogP contribution in [0.4, 0.5) is 0 Å². The number of hydrogen-bond donors (Lipinski definition) is 1. The van der Waals surface area contributed by atoms with Crippen LogP contribution < -0.4 is 5.32 Å². The summed E-state index contributed by atoms with van der Waals surface area (Å²) in [6.07, 6.45) is 6.41. The molecule has 3 aliphatic heterocycles. The van der Waals surface area contributed by atoms with Gasteiger partial charge in [-0.2, -0.15) is 0 Å². The van der Waals surface area contributed by atoms with Crippen molar-refractivity contribution in [3.63, 3.8) is 0 Å². The smallest absolute Gasteiger partial charge is 0.229 e. The number of likely N-dealkylation sites (tertiary alicyclic amines) is 1. The highest BCUT2D eigenvalue weighted by Gasteiger charge is 2.28. The number of hydrogen-bond acceptors (Lipinski definition) is 5. The molecule has 0 aromatic rings. The number of nitrogens with zero attached hydrogens (tertiary/aromatic N) is 2. The van der Waals surface area contributed by atoms with Crippen LogP contribution in [-0.2, 0) is 9.57 Å². The van der Waals surface area contributed by atoms with Gasteiger partial charge in [-0.1, -0.05) is 11.6 Å². The van der Waals surface area contributed by atoms with E-state index in [-0.39, 0.29) is 6.10 Å². The average molecular weight is 267 g/mol. The molecule has 2 saturated heterocycles. The Kier molecular flexibility index (Phi) is 4.56. The van der Waals surface area contributed by atoms with Gasteiger partial charge in [-0.15, -0.1) is 0 Å². The van der Waals surface area contributed by atoms with Gasteiger partial charge >= 0.3 is 0 Å². The second-order valence-corrected chi connectivity index (χ2v) is 5.85. The highest BCUT2D eigenvalue weighted by molar-refractivity contribution is 5.78. The molecule has 1 unspecified atom stereocenters. The van der Waals surface area contributed by atoms with E-state index in [1.807, 2.05) is 0 Å². The van der Waals surface area contributed by atoms with Crippen LogP contribution in [0.3, 0.4) is 0 Å². The average Bonchev–Trinajstić information content (AvgIpc) is 2.49. The third-order valence-electron chi connectivity index (χ3n) is 4.30. The summed E-state index contributed by atoms with van der Waals surface area (Å²) in [7, 11) is 0. The van der Waals surface area contributed by atoms with Crippen LogP contribution in [0.2, 0.25) is 0 Å². The molecule has 1 N–H and O–H groups in total. The van der Waals surface area contributed by atoms with Crippen molar-refractivity contribution in [2.24, 2.45) is 11.1 Å². The molecular weight excluding hydrogens is 242 g/mol. The first-order chi connectivity index (χ1) is 9.42. The molecule has 3 rings (SSSR count). The molecule has 3 aliphatic rings.